The highest BCUT2D eigenvalue weighted by Crippen LogP contribution is 2.58. The summed E-state index contributed by atoms with van der Waals surface area (Å²) in [5.41, 5.74) is 3.84. The van der Waals surface area contributed by atoms with Crippen LogP contribution in [-0.4, -0.2) is 22.8 Å². The molecule has 0 spiro atoms. The van der Waals surface area contributed by atoms with Gasteiger partial charge in [0, 0.05) is 6.42 Å². The van der Waals surface area contributed by atoms with E-state index in [2.05, 4.69) is 44.7 Å². The molecule has 3 fully saturated rings. The van der Waals surface area contributed by atoms with Crippen molar-refractivity contribution in [3.63, 3.8) is 0 Å². The lowest BCUT2D eigenvalue weighted by atomic mass is 9.62. The van der Waals surface area contributed by atoms with Crippen molar-refractivity contribution in [3.05, 3.63) is 47.6 Å². The van der Waals surface area contributed by atoms with Gasteiger partial charge in [0.1, 0.15) is 6.10 Å². The maximum atomic E-state index is 12.7. The van der Waals surface area contributed by atoms with Crippen molar-refractivity contribution in [2.75, 3.05) is 0 Å². The van der Waals surface area contributed by atoms with Crippen molar-refractivity contribution in [1.29, 1.82) is 0 Å². The number of fused-ring (bicyclic) bond motifs is 1. The predicted octanol–water partition coefficient (Wildman–Crippen LogP) is 13.1. The maximum Gasteiger partial charge on any atom is 0.306 e. The molecule has 47 heavy (non-hydrogen) atoms. The highest BCUT2D eigenvalue weighted by Gasteiger charge is 2.48. The van der Waals surface area contributed by atoms with Gasteiger partial charge in [0.2, 0.25) is 0 Å². The number of ether oxygens (including phenoxy) is 1. The largest absolute Gasteiger partial charge is 0.457 e. The van der Waals surface area contributed by atoms with Gasteiger partial charge in [-0.3, -0.25) is 4.79 Å². The fraction of sp³-hybridized carbons (Fsp3) is 0.795. The quantitative estimate of drug-likeness (QED) is 0.0720. The van der Waals surface area contributed by atoms with Crippen LogP contribution in [0.3, 0.4) is 0 Å². The molecule has 268 valence electrons. The average Bonchev–Trinajstić information content (AvgIpc) is 3.37. The van der Waals surface area contributed by atoms with Crippen LogP contribution in [0.4, 0.5) is 0 Å². The number of carbonyl (C=O) groups excluding carboxylic acids is 1. The fourth-order valence-corrected chi connectivity index (χ4v) is 8.87. The van der Waals surface area contributed by atoms with E-state index >= 15 is 0 Å². The lowest BCUT2D eigenvalue weighted by Crippen LogP contribution is -2.33. The molecule has 0 heterocycles. The van der Waals surface area contributed by atoms with E-state index in [1.807, 2.05) is 13.8 Å². The molecule has 0 radical (unpaired) electrons. The summed E-state index contributed by atoms with van der Waals surface area (Å²) in [7, 11) is 0. The Morgan fingerprint density at radius 2 is 1.55 bits per heavy atom. The number of esters is 1. The number of hydrogen-bond acceptors (Lipinski definition) is 3. The molecule has 1 N–H and O–H groups in total. The van der Waals surface area contributed by atoms with Gasteiger partial charge >= 0.3 is 5.97 Å². The standard InChI is InChI=1S/C44H74O3/c1-6-7-8-9-10-11-12-13-14-15-16-17-18-19-20-29-42(45)47-41-28-23-25-37(36(41)2)30-31-38-26-24-35-44(5)39(32-33-40(38)44)27-21-22-34-43(3,4)46/h13-14,30-31,39-41,46H,2,6-12,15-29,32-35H2,1,3-5H3/b14-13-,37-30-,38-31+. The molecule has 0 aliphatic heterocycles. The molecule has 3 aliphatic carbocycles. The second-order valence-corrected chi connectivity index (χ2v) is 16.4. The molecule has 3 nitrogen and oxygen atoms in total. The van der Waals surface area contributed by atoms with Gasteiger partial charge in [-0.05, 0) is 139 Å². The van der Waals surface area contributed by atoms with E-state index in [9.17, 15) is 9.90 Å². The number of unbranched alkanes of at least 4 members (excludes halogenated alkanes) is 12. The highest BCUT2D eigenvalue weighted by molar-refractivity contribution is 5.70. The molecule has 0 bridgehead atoms. The van der Waals surface area contributed by atoms with Crippen LogP contribution in [0.2, 0.25) is 0 Å². The molecular weight excluding hydrogens is 576 g/mol. The Bertz CT molecular complexity index is 1010. The van der Waals surface area contributed by atoms with E-state index in [4.69, 9.17) is 4.74 Å². The molecule has 0 aromatic heterocycles. The van der Waals surface area contributed by atoms with E-state index in [0.717, 1.165) is 56.4 Å². The van der Waals surface area contributed by atoms with E-state index in [1.165, 1.54) is 121 Å². The minimum Gasteiger partial charge on any atom is -0.457 e. The molecular formula is C44H74O3. The first-order valence-electron chi connectivity index (χ1n) is 20.3. The van der Waals surface area contributed by atoms with Crippen LogP contribution in [0, 0.1) is 17.3 Å². The topological polar surface area (TPSA) is 46.5 Å². The maximum absolute atomic E-state index is 12.7. The van der Waals surface area contributed by atoms with E-state index in [0.29, 0.717) is 17.8 Å². The number of rotatable bonds is 22. The Balaban J connectivity index is 1.33. The molecule has 3 saturated carbocycles. The van der Waals surface area contributed by atoms with Crippen LogP contribution in [-0.2, 0) is 9.53 Å². The zero-order valence-electron chi connectivity index (χ0n) is 31.4. The third-order valence-electron chi connectivity index (χ3n) is 11.9. The number of allylic oxidation sites excluding steroid dienone is 5. The normalized spacial score (nSPS) is 26.8. The van der Waals surface area contributed by atoms with Gasteiger partial charge in [-0.1, -0.05) is 115 Å². The van der Waals surface area contributed by atoms with Gasteiger partial charge in [0.25, 0.3) is 0 Å². The lowest BCUT2D eigenvalue weighted by molar-refractivity contribution is -0.147. The number of aliphatic hydroxyl groups is 1. The summed E-state index contributed by atoms with van der Waals surface area (Å²) in [4.78, 5) is 12.7. The zero-order valence-corrected chi connectivity index (χ0v) is 31.4. The SMILES string of the molecule is C=C1/C(=C\C=C2/CCCC3(C)C(CCCCC(C)(C)O)CCC23)CCCC1OC(=O)CCCCCCC/C=C\CCCCCCCC. The Hall–Kier alpha value is -1.61. The van der Waals surface area contributed by atoms with Gasteiger partial charge in [0.15, 0.2) is 0 Å². The molecule has 3 heteroatoms. The average molecular weight is 651 g/mol. The van der Waals surface area contributed by atoms with Crippen LogP contribution < -0.4 is 0 Å². The summed E-state index contributed by atoms with van der Waals surface area (Å²) >= 11 is 0. The summed E-state index contributed by atoms with van der Waals surface area (Å²) in [6.45, 7) is 13.1. The lowest BCUT2D eigenvalue weighted by Gasteiger charge is -2.42. The predicted molar refractivity (Wildman–Crippen MR) is 201 cm³/mol. The van der Waals surface area contributed by atoms with Crippen LogP contribution in [0.1, 0.15) is 195 Å². The fourth-order valence-electron chi connectivity index (χ4n) is 8.87. The first kappa shape index (κ1) is 39.8. The summed E-state index contributed by atoms with van der Waals surface area (Å²) in [6.07, 6.45) is 40.4. The van der Waals surface area contributed by atoms with Crippen molar-refractivity contribution in [2.45, 2.75) is 206 Å². The molecule has 4 atom stereocenters. The van der Waals surface area contributed by atoms with Gasteiger partial charge in [-0.15, -0.1) is 0 Å². The Morgan fingerprint density at radius 3 is 2.26 bits per heavy atom. The summed E-state index contributed by atoms with van der Waals surface area (Å²) in [5, 5.41) is 10.1. The third kappa shape index (κ3) is 14.4. The van der Waals surface area contributed by atoms with Crippen LogP contribution in [0.25, 0.3) is 0 Å². The second-order valence-electron chi connectivity index (χ2n) is 16.4. The van der Waals surface area contributed by atoms with Crippen molar-refractivity contribution in [1.82, 2.24) is 0 Å². The summed E-state index contributed by atoms with van der Waals surface area (Å²) in [6, 6.07) is 0. The Kier molecular flexibility index (Phi) is 18.2. The van der Waals surface area contributed by atoms with E-state index in [-0.39, 0.29) is 12.1 Å². The third-order valence-corrected chi connectivity index (χ3v) is 11.9. The van der Waals surface area contributed by atoms with Crippen molar-refractivity contribution in [2.24, 2.45) is 17.3 Å². The van der Waals surface area contributed by atoms with Crippen molar-refractivity contribution in [3.8, 4) is 0 Å². The minimum absolute atomic E-state index is 0.0454. The highest BCUT2D eigenvalue weighted by atomic mass is 16.5. The van der Waals surface area contributed by atoms with Gasteiger partial charge in [-0.25, -0.2) is 0 Å². The Labute approximate surface area is 291 Å². The molecule has 3 aliphatic rings. The summed E-state index contributed by atoms with van der Waals surface area (Å²) in [5.74, 6) is 1.46. The molecule has 4 unspecified atom stereocenters. The molecule has 0 aromatic carbocycles. The van der Waals surface area contributed by atoms with Crippen LogP contribution >= 0.6 is 0 Å². The van der Waals surface area contributed by atoms with Gasteiger partial charge < -0.3 is 9.84 Å². The first-order valence-corrected chi connectivity index (χ1v) is 20.3. The zero-order chi connectivity index (χ0) is 34.0. The van der Waals surface area contributed by atoms with E-state index in [1.54, 1.807) is 5.57 Å². The van der Waals surface area contributed by atoms with Crippen molar-refractivity contribution < 1.29 is 14.6 Å². The second kappa shape index (κ2) is 21.5. The summed E-state index contributed by atoms with van der Waals surface area (Å²) < 4.78 is 5.99. The smallest absolute Gasteiger partial charge is 0.306 e. The van der Waals surface area contributed by atoms with Crippen LogP contribution in [0.5, 0.6) is 0 Å². The molecule has 3 rings (SSSR count). The number of carbonyl (C=O) groups is 1. The molecule has 0 amide bonds. The van der Waals surface area contributed by atoms with Gasteiger partial charge in [0.05, 0.1) is 5.60 Å². The number of hydrogen-bond donors (Lipinski definition) is 1. The van der Waals surface area contributed by atoms with E-state index < -0.39 is 5.60 Å². The first-order chi connectivity index (χ1) is 22.6. The van der Waals surface area contributed by atoms with Crippen molar-refractivity contribution >= 4 is 5.97 Å². The molecule has 0 saturated heterocycles. The van der Waals surface area contributed by atoms with Gasteiger partial charge in [-0.2, -0.15) is 0 Å². The van der Waals surface area contributed by atoms with Crippen LogP contribution in [0.15, 0.2) is 47.6 Å². The minimum atomic E-state index is -0.541. The molecule has 0 aromatic rings. The Morgan fingerprint density at radius 1 is 0.872 bits per heavy atom. The monoisotopic (exact) mass is 651 g/mol.